The number of benzene rings is 1. The molecule has 31 heavy (non-hydrogen) atoms. The van der Waals surface area contributed by atoms with Gasteiger partial charge < -0.3 is 10.3 Å². The third-order valence-corrected chi connectivity index (χ3v) is 4.98. The summed E-state index contributed by atoms with van der Waals surface area (Å²) in [6, 6.07) is 6.28. The number of aryl methyl sites for hydroxylation is 1. The van der Waals surface area contributed by atoms with Crippen LogP contribution in [0.5, 0.6) is 0 Å². The molecule has 4 aromatic rings. The lowest BCUT2D eigenvalue weighted by molar-refractivity contribution is -0.135. The van der Waals surface area contributed by atoms with Crippen LogP contribution in [0.2, 0.25) is 0 Å². The van der Waals surface area contributed by atoms with Crippen molar-refractivity contribution in [3.63, 3.8) is 0 Å². The maximum absolute atomic E-state index is 13.6. The Hall–Kier alpha value is -3.30. The van der Waals surface area contributed by atoms with Crippen LogP contribution in [0, 0.1) is 5.82 Å². The minimum Gasteiger partial charge on any atom is -0.368 e. The predicted octanol–water partition coefficient (Wildman–Crippen LogP) is 4.97. The zero-order valence-electron chi connectivity index (χ0n) is 16.5. The lowest BCUT2D eigenvalue weighted by atomic mass is 10.0. The fraction of sp³-hybridized carbons (Fsp3) is 0.333. The van der Waals surface area contributed by atoms with Gasteiger partial charge in [0.15, 0.2) is 11.5 Å². The van der Waals surface area contributed by atoms with Crippen LogP contribution in [0.15, 0.2) is 36.9 Å². The molecule has 3 heterocycles. The predicted molar refractivity (Wildman–Crippen MR) is 109 cm³/mol. The average molecular weight is 432 g/mol. The number of hydrogen-bond donors (Lipinski definition) is 2. The first-order chi connectivity index (χ1) is 14.9. The van der Waals surface area contributed by atoms with E-state index < -0.39 is 18.4 Å². The van der Waals surface area contributed by atoms with Gasteiger partial charge in [-0.3, -0.25) is 4.98 Å². The highest BCUT2D eigenvalue weighted by molar-refractivity contribution is 5.82. The van der Waals surface area contributed by atoms with Crippen molar-refractivity contribution in [1.29, 1.82) is 0 Å². The third kappa shape index (κ3) is 5.25. The van der Waals surface area contributed by atoms with Gasteiger partial charge in [0.2, 0.25) is 0 Å². The first-order valence-corrected chi connectivity index (χ1v) is 9.92. The Morgan fingerprint density at radius 2 is 1.87 bits per heavy atom. The van der Waals surface area contributed by atoms with E-state index in [2.05, 4.69) is 30.2 Å². The molecule has 2 N–H and O–H groups in total. The van der Waals surface area contributed by atoms with Crippen molar-refractivity contribution < 1.29 is 17.6 Å². The van der Waals surface area contributed by atoms with Crippen molar-refractivity contribution in [2.24, 2.45) is 0 Å². The summed E-state index contributed by atoms with van der Waals surface area (Å²) < 4.78 is 50.9. The molecule has 0 aliphatic carbocycles. The first kappa shape index (κ1) is 21.0. The highest BCUT2D eigenvalue weighted by Gasteiger charge is 2.26. The van der Waals surface area contributed by atoms with Gasteiger partial charge in [-0.2, -0.15) is 13.2 Å². The number of unbranched alkanes of at least 4 members (excludes halogenated alkanes) is 1. The number of nitrogens with zero attached hydrogens (tertiary/aromatic N) is 4. The molecule has 4 rings (SSSR count). The smallest absolute Gasteiger partial charge is 0.368 e. The van der Waals surface area contributed by atoms with Crippen LogP contribution in [0.3, 0.4) is 0 Å². The molecule has 0 saturated heterocycles. The molecule has 10 heteroatoms. The van der Waals surface area contributed by atoms with E-state index in [0.29, 0.717) is 54.0 Å². The van der Waals surface area contributed by atoms with E-state index in [1.807, 2.05) is 6.07 Å². The van der Waals surface area contributed by atoms with Crippen LogP contribution in [-0.2, 0) is 12.8 Å². The molecular weight excluding hydrogens is 412 g/mol. The normalized spacial score (nSPS) is 12.0. The van der Waals surface area contributed by atoms with Gasteiger partial charge in [0.1, 0.15) is 17.7 Å². The summed E-state index contributed by atoms with van der Waals surface area (Å²) in [5.74, 6) is 0.193. The van der Waals surface area contributed by atoms with Gasteiger partial charge in [0.25, 0.3) is 0 Å². The number of H-pyrrole nitrogens is 1. The SMILES string of the molecule is Fc1ccc2cc(CCNc3ncnc4[nH]cnc34)c(CCCCC(F)(F)F)nc2c1. The summed E-state index contributed by atoms with van der Waals surface area (Å²) in [4.78, 5) is 20.0. The number of alkyl halides is 3. The average Bonchev–Trinajstić information content (AvgIpc) is 3.20. The van der Waals surface area contributed by atoms with Crippen molar-refractivity contribution in [2.75, 3.05) is 11.9 Å². The van der Waals surface area contributed by atoms with E-state index in [4.69, 9.17) is 0 Å². The monoisotopic (exact) mass is 432 g/mol. The largest absolute Gasteiger partial charge is 0.389 e. The number of pyridine rings is 1. The molecule has 0 saturated carbocycles. The van der Waals surface area contributed by atoms with Crippen LogP contribution in [0.1, 0.15) is 30.5 Å². The lowest BCUT2D eigenvalue weighted by Crippen LogP contribution is -2.10. The summed E-state index contributed by atoms with van der Waals surface area (Å²) in [6.07, 6.45) is -0.659. The van der Waals surface area contributed by atoms with Gasteiger partial charge in [-0.25, -0.2) is 19.3 Å². The van der Waals surface area contributed by atoms with Gasteiger partial charge in [0.05, 0.1) is 11.8 Å². The van der Waals surface area contributed by atoms with Crippen LogP contribution in [0.4, 0.5) is 23.4 Å². The summed E-state index contributed by atoms with van der Waals surface area (Å²) >= 11 is 0. The second kappa shape index (κ2) is 8.83. The number of imidazole rings is 1. The Morgan fingerprint density at radius 1 is 1.00 bits per heavy atom. The highest BCUT2D eigenvalue weighted by Crippen LogP contribution is 2.24. The number of aromatic nitrogens is 5. The van der Waals surface area contributed by atoms with E-state index in [1.165, 1.54) is 24.8 Å². The molecule has 0 aliphatic heterocycles. The molecule has 6 nitrogen and oxygen atoms in total. The number of fused-ring (bicyclic) bond motifs is 2. The minimum atomic E-state index is -4.16. The van der Waals surface area contributed by atoms with Gasteiger partial charge in [-0.15, -0.1) is 0 Å². The van der Waals surface area contributed by atoms with Crippen molar-refractivity contribution >= 4 is 27.9 Å². The maximum atomic E-state index is 13.6. The molecule has 0 unspecified atom stereocenters. The molecule has 0 radical (unpaired) electrons. The molecule has 0 bridgehead atoms. The molecule has 3 aromatic heterocycles. The Labute approximate surface area is 175 Å². The van der Waals surface area contributed by atoms with Gasteiger partial charge in [0, 0.05) is 30.1 Å². The third-order valence-electron chi connectivity index (χ3n) is 4.98. The summed E-state index contributed by atoms with van der Waals surface area (Å²) in [7, 11) is 0. The second-order valence-electron chi connectivity index (χ2n) is 7.25. The number of rotatable bonds is 8. The van der Waals surface area contributed by atoms with Crippen LogP contribution < -0.4 is 5.32 Å². The topological polar surface area (TPSA) is 79.4 Å². The Morgan fingerprint density at radius 3 is 2.71 bits per heavy atom. The quantitative estimate of drug-likeness (QED) is 0.304. The molecule has 0 aliphatic rings. The van der Waals surface area contributed by atoms with Gasteiger partial charge in [-0.1, -0.05) is 0 Å². The minimum absolute atomic E-state index is 0.0299. The van der Waals surface area contributed by atoms with Crippen LogP contribution in [-0.4, -0.2) is 37.6 Å². The molecular formula is C21H20F4N6. The number of nitrogens with one attached hydrogen (secondary N) is 2. The number of anilines is 1. The first-order valence-electron chi connectivity index (χ1n) is 9.92. The van der Waals surface area contributed by atoms with E-state index >= 15 is 0 Å². The fourth-order valence-corrected chi connectivity index (χ4v) is 3.48. The molecule has 1 aromatic carbocycles. The van der Waals surface area contributed by atoms with Crippen LogP contribution in [0.25, 0.3) is 22.1 Å². The number of halogens is 4. The van der Waals surface area contributed by atoms with E-state index in [0.717, 1.165) is 10.9 Å². The van der Waals surface area contributed by atoms with E-state index in [9.17, 15) is 17.6 Å². The van der Waals surface area contributed by atoms with Gasteiger partial charge >= 0.3 is 6.18 Å². The lowest BCUT2D eigenvalue weighted by Gasteiger charge is -2.12. The van der Waals surface area contributed by atoms with Gasteiger partial charge in [-0.05, 0) is 49.4 Å². The second-order valence-corrected chi connectivity index (χ2v) is 7.25. The zero-order valence-corrected chi connectivity index (χ0v) is 16.5. The van der Waals surface area contributed by atoms with Crippen molar-refractivity contribution in [1.82, 2.24) is 24.9 Å². The Balaban J connectivity index is 1.50. The number of hydrogen-bond acceptors (Lipinski definition) is 5. The Bertz CT molecular complexity index is 1190. The van der Waals surface area contributed by atoms with Crippen LogP contribution >= 0.6 is 0 Å². The summed E-state index contributed by atoms with van der Waals surface area (Å²) in [5, 5.41) is 4.01. The number of aromatic amines is 1. The molecule has 0 spiro atoms. The highest BCUT2D eigenvalue weighted by atomic mass is 19.4. The van der Waals surface area contributed by atoms with E-state index in [-0.39, 0.29) is 6.42 Å². The summed E-state index contributed by atoms with van der Waals surface area (Å²) in [6.45, 7) is 0.517. The molecule has 0 atom stereocenters. The van der Waals surface area contributed by atoms with E-state index in [1.54, 1.807) is 6.07 Å². The van der Waals surface area contributed by atoms with Crippen molar-refractivity contribution in [2.45, 2.75) is 38.3 Å². The van der Waals surface area contributed by atoms with Crippen molar-refractivity contribution in [3.8, 4) is 0 Å². The molecule has 0 fully saturated rings. The fourth-order valence-electron chi connectivity index (χ4n) is 3.48. The summed E-state index contributed by atoms with van der Waals surface area (Å²) in [5.41, 5.74) is 3.34. The molecule has 162 valence electrons. The zero-order chi connectivity index (χ0) is 21.8. The van der Waals surface area contributed by atoms with Crippen molar-refractivity contribution in [3.05, 3.63) is 54.0 Å². The Kier molecular flexibility index (Phi) is 5.97. The maximum Gasteiger partial charge on any atom is 0.389 e. The molecule has 0 amide bonds. The standard InChI is InChI=1S/C21H20F4N6/c22-15-5-4-13-9-14(6-8-26-19-18-20(28-11-27-18)30-12-29-19)16(31-17(13)10-15)3-1-2-7-21(23,24)25/h4-5,9-12H,1-3,6-8H2,(H2,26,27,28,29,30).